The van der Waals surface area contributed by atoms with Crippen LogP contribution < -0.4 is 4.72 Å². The molecule has 0 aliphatic carbocycles. The summed E-state index contributed by atoms with van der Waals surface area (Å²) in [5, 5.41) is 0.162. The summed E-state index contributed by atoms with van der Waals surface area (Å²) >= 11 is 6.18. The lowest BCUT2D eigenvalue weighted by Gasteiger charge is -2.32. The molecule has 8 heteroatoms. The normalized spacial score (nSPS) is 14.9. The highest BCUT2D eigenvalue weighted by Gasteiger charge is 2.25. The number of carbonyl (C=O) groups is 1. The molecule has 0 aromatic heterocycles. The zero-order valence-corrected chi connectivity index (χ0v) is 18.7. The van der Waals surface area contributed by atoms with Gasteiger partial charge in [-0.3, -0.25) is 9.52 Å². The van der Waals surface area contributed by atoms with Crippen molar-refractivity contribution in [2.75, 3.05) is 17.8 Å². The Kier molecular flexibility index (Phi) is 6.48. The first-order valence-electron chi connectivity index (χ1n) is 10.3. The summed E-state index contributed by atoms with van der Waals surface area (Å²) in [7, 11) is -3.98. The molecule has 0 atom stereocenters. The fraction of sp³-hybridized carbons (Fsp3) is 0.208. The highest BCUT2D eigenvalue weighted by molar-refractivity contribution is 7.92. The van der Waals surface area contributed by atoms with Gasteiger partial charge in [-0.1, -0.05) is 41.9 Å². The number of nitrogens with zero attached hydrogens (tertiary/aromatic N) is 1. The van der Waals surface area contributed by atoms with Crippen LogP contribution in [0.4, 0.5) is 10.1 Å². The molecule has 3 aromatic carbocycles. The minimum absolute atomic E-state index is 0.0982. The topological polar surface area (TPSA) is 66.5 Å². The molecule has 1 saturated heterocycles. The van der Waals surface area contributed by atoms with Crippen LogP contribution in [0.5, 0.6) is 0 Å². The fourth-order valence-electron chi connectivity index (χ4n) is 3.88. The molecule has 3 aromatic rings. The first-order valence-corrected chi connectivity index (χ1v) is 12.1. The maximum atomic E-state index is 13.1. The van der Waals surface area contributed by atoms with Gasteiger partial charge in [0.15, 0.2) is 0 Å². The van der Waals surface area contributed by atoms with Crippen LogP contribution >= 0.6 is 11.6 Å². The standard InChI is InChI=1S/C24H22ClFN2O3S/c25-22-11-6-19(16-23(22)27-32(30,31)21-9-7-20(26)8-10-21)24(29)28-14-12-18(13-15-28)17-4-2-1-3-5-17/h1-11,16,18,27H,12-15H2. The van der Waals surface area contributed by atoms with Gasteiger partial charge in [-0.25, -0.2) is 12.8 Å². The molecular formula is C24H22ClFN2O3S. The molecule has 1 N–H and O–H groups in total. The molecule has 166 valence electrons. The predicted octanol–water partition coefficient (Wildman–Crippen LogP) is 5.30. The van der Waals surface area contributed by atoms with E-state index in [9.17, 15) is 17.6 Å². The van der Waals surface area contributed by atoms with Crippen molar-refractivity contribution in [1.82, 2.24) is 4.90 Å². The molecule has 1 amide bonds. The Morgan fingerprint density at radius 1 is 0.969 bits per heavy atom. The zero-order chi connectivity index (χ0) is 22.7. The first kappa shape index (κ1) is 22.3. The van der Waals surface area contributed by atoms with Gasteiger partial charge in [-0.15, -0.1) is 0 Å². The van der Waals surface area contributed by atoms with Gasteiger partial charge in [0.2, 0.25) is 0 Å². The minimum Gasteiger partial charge on any atom is -0.339 e. The first-order chi connectivity index (χ1) is 15.3. The third kappa shape index (κ3) is 4.95. The van der Waals surface area contributed by atoms with E-state index in [0.29, 0.717) is 24.6 Å². The van der Waals surface area contributed by atoms with Crippen molar-refractivity contribution >= 4 is 33.2 Å². The second-order valence-electron chi connectivity index (χ2n) is 7.73. The Bertz CT molecular complexity index is 1210. The van der Waals surface area contributed by atoms with Gasteiger partial charge in [0, 0.05) is 18.7 Å². The number of carbonyl (C=O) groups excluding carboxylic acids is 1. The molecule has 32 heavy (non-hydrogen) atoms. The molecular weight excluding hydrogens is 451 g/mol. The average molecular weight is 473 g/mol. The number of hydrogen-bond acceptors (Lipinski definition) is 3. The summed E-state index contributed by atoms with van der Waals surface area (Å²) < 4.78 is 40.8. The van der Waals surface area contributed by atoms with Crippen molar-refractivity contribution in [2.24, 2.45) is 0 Å². The van der Waals surface area contributed by atoms with Crippen LogP contribution in [-0.2, 0) is 10.0 Å². The van der Waals surface area contributed by atoms with Crippen molar-refractivity contribution in [3.8, 4) is 0 Å². The number of anilines is 1. The van der Waals surface area contributed by atoms with Crippen molar-refractivity contribution in [1.29, 1.82) is 0 Å². The fourth-order valence-corrected chi connectivity index (χ4v) is 5.17. The summed E-state index contributed by atoms with van der Waals surface area (Å²) in [6.45, 7) is 1.25. The predicted molar refractivity (Wildman–Crippen MR) is 123 cm³/mol. The van der Waals surface area contributed by atoms with Gasteiger partial charge in [-0.2, -0.15) is 0 Å². The van der Waals surface area contributed by atoms with Gasteiger partial charge >= 0.3 is 0 Å². The number of nitrogens with one attached hydrogen (secondary N) is 1. The molecule has 0 radical (unpaired) electrons. The van der Waals surface area contributed by atoms with E-state index in [1.807, 2.05) is 18.2 Å². The highest BCUT2D eigenvalue weighted by Crippen LogP contribution is 2.30. The number of halogens is 2. The third-order valence-corrected chi connectivity index (χ3v) is 7.35. The SMILES string of the molecule is O=C(c1ccc(Cl)c(NS(=O)(=O)c2ccc(F)cc2)c1)N1CCC(c2ccccc2)CC1. The van der Waals surface area contributed by atoms with Crippen LogP contribution in [0.1, 0.15) is 34.7 Å². The van der Waals surface area contributed by atoms with E-state index in [-0.39, 0.29) is 21.5 Å². The second kappa shape index (κ2) is 9.30. The molecule has 4 rings (SSSR count). The number of rotatable bonds is 5. The Hall–Kier alpha value is -2.90. The van der Waals surface area contributed by atoms with E-state index in [1.165, 1.54) is 17.7 Å². The van der Waals surface area contributed by atoms with Gasteiger partial charge < -0.3 is 4.90 Å². The van der Waals surface area contributed by atoms with Crippen LogP contribution in [0.3, 0.4) is 0 Å². The minimum atomic E-state index is -3.98. The summed E-state index contributed by atoms with van der Waals surface area (Å²) in [6.07, 6.45) is 1.74. The molecule has 1 heterocycles. The number of benzene rings is 3. The second-order valence-corrected chi connectivity index (χ2v) is 9.82. The number of amides is 1. The lowest BCUT2D eigenvalue weighted by molar-refractivity contribution is 0.0713. The molecule has 0 saturated carbocycles. The van der Waals surface area contributed by atoms with E-state index < -0.39 is 15.8 Å². The Balaban J connectivity index is 1.47. The smallest absolute Gasteiger partial charge is 0.261 e. The van der Waals surface area contributed by atoms with Gasteiger partial charge in [0.05, 0.1) is 15.6 Å². The quantitative estimate of drug-likeness (QED) is 0.548. The van der Waals surface area contributed by atoms with Crippen LogP contribution in [-0.4, -0.2) is 32.3 Å². The van der Waals surface area contributed by atoms with Crippen LogP contribution in [0, 0.1) is 5.82 Å². The number of sulfonamides is 1. The largest absolute Gasteiger partial charge is 0.339 e. The van der Waals surface area contributed by atoms with E-state index in [0.717, 1.165) is 37.1 Å². The van der Waals surface area contributed by atoms with E-state index in [1.54, 1.807) is 11.0 Å². The van der Waals surface area contributed by atoms with Gasteiger partial charge in [0.25, 0.3) is 15.9 Å². The summed E-state index contributed by atoms with van der Waals surface area (Å²) in [6, 6.07) is 19.2. The van der Waals surface area contributed by atoms with Crippen molar-refractivity contribution < 1.29 is 17.6 Å². The molecule has 1 fully saturated rings. The lowest BCUT2D eigenvalue weighted by Crippen LogP contribution is -2.37. The Morgan fingerprint density at radius 3 is 2.28 bits per heavy atom. The Morgan fingerprint density at radius 2 is 1.62 bits per heavy atom. The maximum Gasteiger partial charge on any atom is 0.261 e. The van der Waals surface area contributed by atoms with Crippen molar-refractivity contribution in [2.45, 2.75) is 23.7 Å². The van der Waals surface area contributed by atoms with Crippen molar-refractivity contribution in [3.63, 3.8) is 0 Å². The lowest BCUT2D eigenvalue weighted by atomic mass is 9.89. The number of likely N-dealkylation sites (tertiary alicyclic amines) is 1. The van der Waals surface area contributed by atoms with Crippen molar-refractivity contribution in [3.05, 3.63) is 94.8 Å². The summed E-state index contributed by atoms with van der Waals surface area (Å²) in [5.74, 6) is -0.287. The molecule has 0 bridgehead atoms. The third-order valence-electron chi connectivity index (χ3n) is 5.63. The van der Waals surface area contributed by atoms with Crippen LogP contribution in [0.15, 0.2) is 77.7 Å². The summed E-state index contributed by atoms with van der Waals surface area (Å²) in [4.78, 5) is 14.7. The number of piperidine rings is 1. The van der Waals surface area contributed by atoms with Crippen LogP contribution in [0.25, 0.3) is 0 Å². The Labute approximate surface area is 191 Å². The molecule has 1 aliphatic rings. The monoisotopic (exact) mass is 472 g/mol. The van der Waals surface area contributed by atoms with E-state index in [4.69, 9.17) is 11.6 Å². The highest BCUT2D eigenvalue weighted by atomic mass is 35.5. The summed E-state index contributed by atoms with van der Waals surface area (Å²) in [5.41, 5.74) is 1.73. The molecule has 0 spiro atoms. The maximum absolute atomic E-state index is 13.1. The average Bonchev–Trinajstić information content (AvgIpc) is 2.81. The van der Waals surface area contributed by atoms with Crippen LogP contribution in [0.2, 0.25) is 5.02 Å². The van der Waals surface area contributed by atoms with Gasteiger partial charge in [-0.05, 0) is 66.8 Å². The zero-order valence-electron chi connectivity index (χ0n) is 17.2. The molecule has 0 unspecified atom stereocenters. The molecule has 5 nitrogen and oxygen atoms in total. The molecule has 1 aliphatic heterocycles. The van der Waals surface area contributed by atoms with E-state index >= 15 is 0 Å². The van der Waals surface area contributed by atoms with E-state index in [2.05, 4.69) is 16.9 Å². The van der Waals surface area contributed by atoms with Gasteiger partial charge in [0.1, 0.15) is 5.82 Å². The number of hydrogen-bond donors (Lipinski definition) is 1.